The zero-order valence-corrected chi connectivity index (χ0v) is 14.8. The monoisotopic (exact) mass is 332 g/mol. The summed E-state index contributed by atoms with van der Waals surface area (Å²) in [6.45, 7) is 7.54. The minimum absolute atomic E-state index is 0.00430. The van der Waals surface area contributed by atoms with Crippen molar-refractivity contribution >= 4 is 11.6 Å². The summed E-state index contributed by atoms with van der Waals surface area (Å²) >= 11 is 6.47. The van der Waals surface area contributed by atoms with E-state index in [0.29, 0.717) is 6.61 Å². The average Bonchev–Trinajstić information content (AvgIpc) is 2.56. The van der Waals surface area contributed by atoms with Gasteiger partial charge in [-0.2, -0.15) is 0 Å². The van der Waals surface area contributed by atoms with Crippen molar-refractivity contribution in [2.45, 2.75) is 38.5 Å². The van der Waals surface area contributed by atoms with Gasteiger partial charge in [-0.05, 0) is 55.7 Å². The Morgan fingerprint density at radius 2 is 1.30 bits per heavy atom. The van der Waals surface area contributed by atoms with E-state index in [1.54, 1.807) is 0 Å². The summed E-state index contributed by atoms with van der Waals surface area (Å²) in [4.78, 5) is 0. The highest BCUT2D eigenvalue weighted by atomic mass is 35.5. The first-order valence-corrected chi connectivity index (χ1v) is 8.69. The van der Waals surface area contributed by atoms with Gasteiger partial charge in [0.1, 0.15) is 11.5 Å². The van der Waals surface area contributed by atoms with E-state index in [2.05, 4.69) is 31.2 Å². The smallest absolute Gasteiger partial charge is 0.119 e. The first kappa shape index (κ1) is 17.7. The number of hydrogen-bond donors (Lipinski definition) is 0. The van der Waals surface area contributed by atoms with Gasteiger partial charge in [-0.25, -0.2) is 0 Å². The Morgan fingerprint density at radius 3 is 1.70 bits per heavy atom. The molecule has 2 atom stereocenters. The summed E-state index contributed by atoms with van der Waals surface area (Å²) in [7, 11) is 0. The van der Waals surface area contributed by atoms with Gasteiger partial charge in [-0.3, -0.25) is 0 Å². The third kappa shape index (κ3) is 4.90. The molecule has 0 bridgehead atoms. The molecule has 2 aromatic rings. The second-order valence-corrected chi connectivity index (χ2v) is 6.26. The summed E-state index contributed by atoms with van der Waals surface area (Å²) < 4.78 is 11.2. The maximum atomic E-state index is 6.47. The third-order valence-corrected chi connectivity index (χ3v) is 3.97. The van der Waals surface area contributed by atoms with Crippen LogP contribution in [0.25, 0.3) is 0 Å². The Bertz CT molecular complexity index is 576. The lowest BCUT2D eigenvalue weighted by atomic mass is 9.89. The number of halogens is 1. The minimum atomic E-state index is -0.00430. The SMILES string of the molecule is CCCOc1ccc(C(c2ccc(OCC)cc2)C(C)Cl)cc1. The molecule has 0 aromatic heterocycles. The molecule has 23 heavy (non-hydrogen) atoms. The molecule has 0 N–H and O–H groups in total. The summed E-state index contributed by atoms with van der Waals surface area (Å²) in [5.41, 5.74) is 2.39. The average molecular weight is 333 g/mol. The van der Waals surface area contributed by atoms with Crippen LogP contribution < -0.4 is 9.47 Å². The maximum absolute atomic E-state index is 6.47. The van der Waals surface area contributed by atoms with Crippen LogP contribution in [0.3, 0.4) is 0 Å². The molecule has 0 aliphatic heterocycles. The lowest BCUT2D eigenvalue weighted by Gasteiger charge is -2.21. The van der Waals surface area contributed by atoms with Crippen molar-refractivity contribution in [2.75, 3.05) is 13.2 Å². The Hall–Kier alpha value is -1.67. The van der Waals surface area contributed by atoms with Crippen LogP contribution in [0.1, 0.15) is 44.2 Å². The van der Waals surface area contributed by atoms with E-state index in [1.165, 1.54) is 11.1 Å². The van der Waals surface area contributed by atoms with Crippen LogP contribution in [0.2, 0.25) is 0 Å². The van der Waals surface area contributed by atoms with E-state index in [1.807, 2.05) is 38.1 Å². The van der Waals surface area contributed by atoms with Gasteiger partial charge in [0, 0.05) is 11.3 Å². The molecule has 0 aliphatic rings. The van der Waals surface area contributed by atoms with Crippen molar-refractivity contribution in [2.24, 2.45) is 0 Å². The summed E-state index contributed by atoms with van der Waals surface area (Å²) in [5, 5.41) is -0.00430. The van der Waals surface area contributed by atoms with E-state index in [0.717, 1.165) is 24.5 Å². The van der Waals surface area contributed by atoms with Gasteiger partial charge in [0.05, 0.1) is 13.2 Å². The van der Waals surface area contributed by atoms with Crippen LogP contribution in [0, 0.1) is 0 Å². The molecular weight excluding hydrogens is 308 g/mol. The van der Waals surface area contributed by atoms with E-state index >= 15 is 0 Å². The topological polar surface area (TPSA) is 18.5 Å². The Balaban J connectivity index is 2.20. The van der Waals surface area contributed by atoms with E-state index in [-0.39, 0.29) is 11.3 Å². The van der Waals surface area contributed by atoms with Crippen LogP contribution in [0.15, 0.2) is 48.5 Å². The van der Waals surface area contributed by atoms with Gasteiger partial charge in [0.25, 0.3) is 0 Å². The molecule has 0 spiro atoms. The third-order valence-electron chi connectivity index (χ3n) is 3.72. The molecular formula is C20H25ClO2. The van der Waals surface area contributed by atoms with Crippen molar-refractivity contribution in [1.29, 1.82) is 0 Å². The quantitative estimate of drug-likeness (QED) is 0.583. The van der Waals surface area contributed by atoms with Gasteiger partial charge in [0.15, 0.2) is 0 Å². The zero-order valence-electron chi connectivity index (χ0n) is 14.1. The molecule has 0 amide bonds. The normalized spacial score (nSPS) is 13.4. The molecule has 2 unspecified atom stereocenters. The fraction of sp³-hybridized carbons (Fsp3) is 0.400. The lowest BCUT2D eigenvalue weighted by molar-refractivity contribution is 0.317. The second-order valence-electron chi connectivity index (χ2n) is 5.57. The largest absolute Gasteiger partial charge is 0.494 e. The molecule has 0 radical (unpaired) electrons. The van der Waals surface area contributed by atoms with Gasteiger partial charge in [-0.1, -0.05) is 31.2 Å². The highest BCUT2D eigenvalue weighted by Crippen LogP contribution is 2.33. The fourth-order valence-electron chi connectivity index (χ4n) is 2.65. The minimum Gasteiger partial charge on any atom is -0.494 e. The highest BCUT2D eigenvalue weighted by molar-refractivity contribution is 6.21. The Labute approximate surface area is 144 Å². The van der Waals surface area contributed by atoms with Crippen molar-refractivity contribution in [3.05, 3.63) is 59.7 Å². The predicted molar refractivity (Wildman–Crippen MR) is 97.0 cm³/mol. The number of alkyl halides is 1. The summed E-state index contributed by atoms with van der Waals surface area (Å²) in [6, 6.07) is 16.4. The molecule has 0 saturated carbocycles. The molecule has 124 valence electrons. The molecule has 0 heterocycles. The number of benzene rings is 2. The van der Waals surface area contributed by atoms with Crippen LogP contribution in [0.5, 0.6) is 11.5 Å². The standard InChI is InChI=1S/C20H25ClO2/c1-4-14-23-19-12-8-17(9-13-19)20(15(3)21)16-6-10-18(11-7-16)22-5-2/h6-13,15,20H,4-5,14H2,1-3H3. The number of rotatable bonds is 8. The Kier molecular flexibility index (Phi) is 6.79. The van der Waals surface area contributed by atoms with E-state index in [9.17, 15) is 0 Å². The van der Waals surface area contributed by atoms with Crippen LogP contribution >= 0.6 is 11.6 Å². The second kappa shape index (κ2) is 8.83. The van der Waals surface area contributed by atoms with Gasteiger partial charge >= 0.3 is 0 Å². The van der Waals surface area contributed by atoms with Crippen molar-refractivity contribution in [3.8, 4) is 11.5 Å². The molecule has 3 heteroatoms. The molecule has 2 aromatic carbocycles. The molecule has 2 rings (SSSR count). The molecule has 2 nitrogen and oxygen atoms in total. The summed E-state index contributed by atoms with van der Waals surface area (Å²) in [6.07, 6.45) is 1.01. The molecule has 0 saturated heterocycles. The summed E-state index contributed by atoms with van der Waals surface area (Å²) in [5.74, 6) is 1.94. The van der Waals surface area contributed by atoms with Gasteiger partial charge < -0.3 is 9.47 Å². The first-order chi connectivity index (χ1) is 11.2. The van der Waals surface area contributed by atoms with Crippen LogP contribution in [-0.4, -0.2) is 18.6 Å². The van der Waals surface area contributed by atoms with Crippen molar-refractivity contribution < 1.29 is 9.47 Å². The van der Waals surface area contributed by atoms with Crippen molar-refractivity contribution in [3.63, 3.8) is 0 Å². The number of ether oxygens (including phenoxy) is 2. The molecule has 0 fully saturated rings. The van der Waals surface area contributed by atoms with E-state index < -0.39 is 0 Å². The first-order valence-electron chi connectivity index (χ1n) is 8.25. The predicted octanol–water partition coefficient (Wildman–Crippen LogP) is 5.63. The zero-order chi connectivity index (χ0) is 16.7. The van der Waals surface area contributed by atoms with Gasteiger partial charge in [-0.15, -0.1) is 11.6 Å². The van der Waals surface area contributed by atoms with Crippen molar-refractivity contribution in [1.82, 2.24) is 0 Å². The lowest BCUT2D eigenvalue weighted by Crippen LogP contribution is -2.11. The maximum Gasteiger partial charge on any atom is 0.119 e. The number of hydrogen-bond acceptors (Lipinski definition) is 2. The fourth-order valence-corrected chi connectivity index (χ4v) is 2.94. The van der Waals surface area contributed by atoms with Crippen LogP contribution in [-0.2, 0) is 0 Å². The van der Waals surface area contributed by atoms with Gasteiger partial charge in [0.2, 0.25) is 0 Å². The highest BCUT2D eigenvalue weighted by Gasteiger charge is 2.20. The van der Waals surface area contributed by atoms with Crippen LogP contribution in [0.4, 0.5) is 0 Å². The molecule has 0 aliphatic carbocycles. The van der Waals surface area contributed by atoms with E-state index in [4.69, 9.17) is 21.1 Å². The Morgan fingerprint density at radius 1 is 0.826 bits per heavy atom.